The van der Waals surface area contributed by atoms with Crippen LogP contribution in [0.4, 0.5) is 4.79 Å². The van der Waals surface area contributed by atoms with Crippen molar-refractivity contribution in [2.75, 3.05) is 33.9 Å². The second kappa shape index (κ2) is 7.96. The lowest BCUT2D eigenvalue weighted by atomic mass is 9.90. The topological polar surface area (TPSA) is 73.0 Å². The van der Waals surface area contributed by atoms with E-state index < -0.39 is 5.54 Å². The summed E-state index contributed by atoms with van der Waals surface area (Å²) in [5.41, 5.74) is -0.711. The van der Waals surface area contributed by atoms with Crippen molar-refractivity contribution in [2.24, 2.45) is 0 Å². The molecule has 0 aromatic heterocycles. The molecule has 1 aliphatic carbocycles. The maximum Gasteiger partial charge on any atom is 0.326 e. The second-order valence-corrected chi connectivity index (χ2v) is 7.14. The number of hydrogen-bond donors (Lipinski definition) is 1. The monoisotopic (exact) mass is 338 g/mol. The van der Waals surface area contributed by atoms with Gasteiger partial charge in [-0.25, -0.2) is 9.69 Å². The normalized spacial score (nSPS) is 20.4. The standard InChI is InChI=1S/C17H30N4O3/c1-4-11-20(12-14(22)19(2)3)13-21-15(23)17(18-16(21)24)9-7-5-6-8-10-17/h4-13H2,1-3H3,(H,18,24). The first-order valence-corrected chi connectivity index (χ1v) is 8.96. The van der Waals surface area contributed by atoms with Gasteiger partial charge in [0.05, 0.1) is 13.2 Å². The van der Waals surface area contributed by atoms with Crippen LogP contribution in [0.2, 0.25) is 0 Å². The van der Waals surface area contributed by atoms with Gasteiger partial charge in [0.1, 0.15) is 5.54 Å². The number of nitrogens with zero attached hydrogens (tertiary/aromatic N) is 3. The van der Waals surface area contributed by atoms with Crippen molar-refractivity contribution in [1.82, 2.24) is 20.0 Å². The molecule has 2 aliphatic rings. The number of likely N-dealkylation sites (N-methyl/N-ethyl adjacent to an activating group) is 1. The Morgan fingerprint density at radius 3 is 2.33 bits per heavy atom. The van der Waals surface area contributed by atoms with Crippen LogP contribution in [0.3, 0.4) is 0 Å². The molecule has 2 fully saturated rings. The maximum absolute atomic E-state index is 12.9. The lowest BCUT2D eigenvalue weighted by Gasteiger charge is -2.28. The summed E-state index contributed by atoms with van der Waals surface area (Å²) >= 11 is 0. The van der Waals surface area contributed by atoms with E-state index in [0.29, 0.717) is 6.54 Å². The Labute approximate surface area is 144 Å². The van der Waals surface area contributed by atoms with E-state index in [1.807, 2.05) is 11.8 Å². The minimum absolute atomic E-state index is 0.0281. The molecule has 0 aromatic carbocycles. The number of rotatable bonds is 6. The Hall–Kier alpha value is -1.63. The molecule has 24 heavy (non-hydrogen) atoms. The molecule has 1 spiro atoms. The number of urea groups is 1. The van der Waals surface area contributed by atoms with Crippen LogP contribution in [-0.2, 0) is 9.59 Å². The zero-order valence-electron chi connectivity index (χ0n) is 15.1. The highest BCUT2D eigenvalue weighted by atomic mass is 16.2. The van der Waals surface area contributed by atoms with Gasteiger partial charge in [-0.3, -0.25) is 14.5 Å². The lowest BCUT2D eigenvalue weighted by molar-refractivity contribution is -0.136. The third-order valence-electron chi connectivity index (χ3n) is 4.94. The summed E-state index contributed by atoms with van der Waals surface area (Å²) in [5.74, 6) is -0.146. The molecule has 2 rings (SSSR count). The first-order valence-electron chi connectivity index (χ1n) is 8.96. The zero-order chi connectivity index (χ0) is 17.7. The fraction of sp³-hybridized carbons (Fsp3) is 0.824. The molecular formula is C17H30N4O3. The maximum atomic E-state index is 12.9. The molecule has 1 saturated heterocycles. The molecule has 7 heteroatoms. The molecule has 0 aromatic rings. The van der Waals surface area contributed by atoms with E-state index in [-0.39, 0.29) is 31.1 Å². The van der Waals surface area contributed by atoms with Gasteiger partial charge in [0.25, 0.3) is 5.91 Å². The van der Waals surface area contributed by atoms with Crippen molar-refractivity contribution in [3.8, 4) is 0 Å². The van der Waals surface area contributed by atoms with Gasteiger partial charge in [0.15, 0.2) is 0 Å². The van der Waals surface area contributed by atoms with Crippen molar-refractivity contribution in [3.63, 3.8) is 0 Å². The highest BCUT2D eigenvalue weighted by Gasteiger charge is 2.50. The van der Waals surface area contributed by atoms with Gasteiger partial charge < -0.3 is 10.2 Å². The van der Waals surface area contributed by atoms with Crippen LogP contribution < -0.4 is 5.32 Å². The van der Waals surface area contributed by atoms with Crippen molar-refractivity contribution < 1.29 is 14.4 Å². The molecular weight excluding hydrogens is 308 g/mol. The van der Waals surface area contributed by atoms with Crippen molar-refractivity contribution in [3.05, 3.63) is 0 Å². The van der Waals surface area contributed by atoms with E-state index in [4.69, 9.17) is 0 Å². The van der Waals surface area contributed by atoms with Crippen LogP contribution in [0.15, 0.2) is 0 Å². The zero-order valence-corrected chi connectivity index (χ0v) is 15.1. The number of amides is 4. The summed E-state index contributed by atoms with van der Waals surface area (Å²) in [6.07, 6.45) is 6.47. The van der Waals surface area contributed by atoms with E-state index in [2.05, 4.69) is 5.32 Å². The Morgan fingerprint density at radius 1 is 1.17 bits per heavy atom. The Morgan fingerprint density at radius 2 is 1.79 bits per heavy atom. The number of carbonyl (C=O) groups excluding carboxylic acids is 3. The third kappa shape index (κ3) is 4.06. The number of imide groups is 1. The minimum Gasteiger partial charge on any atom is -0.348 e. The summed E-state index contributed by atoms with van der Waals surface area (Å²) in [6, 6.07) is -0.319. The molecule has 1 heterocycles. The van der Waals surface area contributed by atoms with E-state index >= 15 is 0 Å². The lowest BCUT2D eigenvalue weighted by Crippen LogP contribution is -2.48. The quantitative estimate of drug-likeness (QED) is 0.743. The molecule has 0 bridgehead atoms. The van der Waals surface area contributed by atoms with Gasteiger partial charge in [0.2, 0.25) is 5.91 Å². The molecule has 4 amide bonds. The summed E-state index contributed by atoms with van der Waals surface area (Å²) in [6.45, 7) is 3.08. The fourth-order valence-corrected chi connectivity index (χ4v) is 3.52. The molecule has 1 saturated carbocycles. The van der Waals surface area contributed by atoms with Crippen molar-refractivity contribution >= 4 is 17.8 Å². The summed E-state index contributed by atoms with van der Waals surface area (Å²) < 4.78 is 0. The van der Waals surface area contributed by atoms with E-state index in [1.165, 1.54) is 9.80 Å². The smallest absolute Gasteiger partial charge is 0.326 e. The Bertz CT molecular complexity index is 484. The van der Waals surface area contributed by atoms with Crippen LogP contribution >= 0.6 is 0 Å². The predicted octanol–water partition coefficient (Wildman–Crippen LogP) is 1.39. The van der Waals surface area contributed by atoms with Crippen molar-refractivity contribution in [1.29, 1.82) is 0 Å². The summed E-state index contributed by atoms with van der Waals surface area (Å²) in [7, 11) is 3.42. The molecule has 0 atom stereocenters. The van der Waals surface area contributed by atoms with E-state index in [0.717, 1.165) is 44.9 Å². The van der Waals surface area contributed by atoms with Gasteiger partial charge in [-0.1, -0.05) is 32.6 Å². The Kier molecular flexibility index (Phi) is 6.21. The number of nitrogens with one attached hydrogen (secondary N) is 1. The van der Waals surface area contributed by atoms with Crippen LogP contribution in [-0.4, -0.2) is 71.9 Å². The molecule has 7 nitrogen and oxygen atoms in total. The Balaban J connectivity index is 2.07. The first kappa shape index (κ1) is 18.7. The van der Waals surface area contributed by atoms with E-state index in [1.54, 1.807) is 14.1 Å². The van der Waals surface area contributed by atoms with Gasteiger partial charge in [-0.2, -0.15) is 0 Å². The number of hydrogen-bond acceptors (Lipinski definition) is 4. The van der Waals surface area contributed by atoms with Gasteiger partial charge >= 0.3 is 6.03 Å². The van der Waals surface area contributed by atoms with Crippen LogP contribution in [0.1, 0.15) is 51.9 Å². The molecule has 1 N–H and O–H groups in total. The van der Waals surface area contributed by atoms with Crippen LogP contribution in [0.5, 0.6) is 0 Å². The van der Waals surface area contributed by atoms with Gasteiger partial charge in [0, 0.05) is 20.6 Å². The SMILES string of the molecule is CCCN(CC(=O)N(C)C)CN1C(=O)NC2(CCCCCC2)C1=O. The largest absolute Gasteiger partial charge is 0.348 e. The van der Waals surface area contributed by atoms with E-state index in [9.17, 15) is 14.4 Å². The average Bonchev–Trinajstić information content (AvgIpc) is 2.71. The second-order valence-electron chi connectivity index (χ2n) is 7.14. The highest BCUT2D eigenvalue weighted by Crippen LogP contribution is 2.32. The summed E-state index contributed by atoms with van der Waals surface area (Å²) in [4.78, 5) is 42.0. The molecule has 0 unspecified atom stereocenters. The average molecular weight is 338 g/mol. The molecule has 1 aliphatic heterocycles. The minimum atomic E-state index is -0.711. The van der Waals surface area contributed by atoms with Gasteiger partial charge in [-0.15, -0.1) is 0 Å². The molecule has 0 radical (unpaired) electrons. The van der Waals surface area contributed by atoms with Crippen LogP contribution in [0.25, 0.3) is 0 Å². The predicted molar refractivity (Wildman–Crippen MR) is 91.2 cm³/mol. The highest BCUT2D eigenvalue weighted by molar-refractivity contribution is 6.07. The molecule has 136 valence electrons. The van der Waals surface area contributed by atoms with Crippen molar-refractivity contribution in [2.45, 2.75) is 57.4 Å². The van der Waals surface area contributed by atoms with Crippen LogP contribution in [0, 0.1) is 0 Å². The number of carbonyl (C=O) groups is 3. The first-order chi connectivity index (χ1) is 11.4. The fourth-order valence-electron chi connectivity index (χ4n) is 3.52. The summed E-state index contributed by atoms with van der Waals surface area (Å²) in [5, 5.41) is 2.95. The third-order valence-corrected chi connectivity index (χ3v) is 4.94. The van der Waals surface area contributed by atoms with Gasteiger partial charge in [-0.05, 0) is 19.3 Å².